The normalized spacial score (nSPS) is 26.2. The molecule has 0 spiro atoms. The first-order valence-corrected chi connectivity index (χ1v) is 9.06. The highest BCUT2D eigenvalue weighted by Crippen LogP contribution is 2.32. The molecule has 7 heteroatoms. The summed E-state index contributed by atoms with van der Waals surface area (Å²) in [5, 5.41) is 2.21. The lowest BCUT2D eigenvalue weighted by Gasteiger charge is -2.33. The third-order valence-corrected chi connectivity index (χ3v) is 5.45. The summed E-state index contributed by atoms with van der Waals surface area (Å²) in [6.07, 6.45) is 2.60. The molecule has 0 aliphatic carbocycles. The van der Waals surface area contributed by atoms with Crippen LogP contribution in [0.15, 0.2) is 18.2 Å². The van der Waals surface area contributed by atoms with Gasteiger partial charge in [0.25, 0.3) is 11.8 Å². The highest BCUT2D eigenvalue weighted by Gasteiger charge is 2.44. The van der Waals surface area contributed by atoms with E-state index in [-0.39, 0.29) is 18.7 Å². The topological polar surface area (TPSA) is 86.8 Å². The molecule has 4 rings (SSSR count). The average molecular weight is 355 g/mol. The lowest BCUT2D eigenvalue weighted by Crippen LogP contribution is -2.54. The van der Waals surface area contributed by atoms with Crippen LogP contribution in [0.1, 0.15) is 53.3 Å². The number of carbonyl (C=O) groups excluding carboxylic acids is 4. The van der Waals surface area contributed by atoms with Gasteiger partial charge in [0.2, 0.25) is 11.8 Å². The fraction of sp³-hybridized carbons (Fsp3) is 0.474. The molecule has 7 nitrogen and oxygen atoms in total. The van der Waals surface area contributed by atoms with E-state index in [0.29, 0.717) is 17.0 Å². The maximum Gasteiger partial charge on any atom is 0.262 e. The van der Waals surface area contributed by atoms with Crippen molar-refractivity contribution in [1.29, 1.82) is 0 Å². The van der Waals surface area contributed by atoms with E-state index in [1.54, 1.807) is 12.1 Å². The number of nitrogens with one attached hydrogen (secondary N) is 1. The maximum absolute atomic E-state index is 12.9. The van der Waals surface area contributed by atoms with Crippen LogP contribution in [-0.2, 0) is 9.59 Å². The van der Waals surface area contributed by atoms with Gasteiger partial charge in [-0.15, -0.1) is 0 Å². The van der Waals surface area contributed by atoms with Crippen molar-refractivity contribution < 1.29 is 19.2 Å². The first-order valence-electron chi connectivity index (χ1n) is 9.06. The van der Waals surface area contributed by atoms with Gasteiger partial charge in [0.1, 0.15) is 6.04 Å². The maximum atomic E-state index is 12.9. The Hall–Kier alpha value is -2.70. The van der Waals surface area contributed by atoms with Crippen LogP contribution in [0, 0.1) is 5.92 Å². The van der Waals surface area contributed by atoms with Crippen LogP contribution < -0.4 is 10.2 Å². The van der Waals surface area contributed by atoms with Crippen molar-refractivity contribution in [2.24, 2.45) is 5.92 Å². The van der Waals surface area contributed by atoms with Crippen LogP contribution in [0.2, 0.25) is 0 Å². The molecule has 4 amide bonds. The molecule has 2 fully saturated rings. The Balaban J connectivity index is 1.62. The number of carbonyl (C=O) groups is 4. The van der Waals surface area contributed by atoms with E-state index in [1.165, 1.54) is 6.42 Å². The first kappa shape index (κ1) is 16.8. The number of imide groups is 2. The van der Waals surface area contributed by atoms with Crippen LogP contribution in [0.3, 0.4) is 0 Å². The summed E-state index contributed by atoms with van der Waals surface area (Å²) in [5.41, 5.74) is 1.60. The minimum absolute atomic E-state index is 0.126. The van der Waals surface area contributed by atoms with Gasteiger partial charge in [0, 0.05) is 25.2 Å². The monoisotopic (exact) mass is 355 g/mol. The summed E-state index contributed by atoms with van der Waals surface area (Å²) >= 11 is 0. The van der Waals surface area contributed by atoms with Crippen molar-refractivity contribution >= 4 is 29.3 Å². The number of hydrogen-bond donors (Lipinski definition) is 1. The zero-order chi connectivity index (χ0) is 18.4. The van der Waals surface area contributed by atoms with Gasteiger partial charge in [-0.2, -0.15) is 0 Å². The molecule has 2 unspecified atom stereocenters. The number of anilines is 1. The Morgan fingerprint density at radius 3 is 2.54 bits per heavy atom. The second-order valence-electron chi connectivity index (χ2n) is 7.37. The van der Waals surface area contributed by atoms with E-state index in [9.17, 15) is 19.2 Å². The summed E-state index contributed by atoms with van der Waals surface area (Å²) in [4.78, 5) is 52.2. The summed E-state index contributed by atoms with van der Waals surface area (Å²) in [6, 6.07) is 4.39. The van der Waals surface area contributed by atoms with Crippen molar-refractivity contribution in [2.45, 2.75) is 38.6 Å². The van der Waals surface area contributed by atoms with Crippen LogP contribution in [-0.4, -0.2) is 47.7 Å². The number of hydrogen-bond acceptors (Lipinski definition) is 5. The summed E-state index contributed by atoms with van der Waals surface area (Å²) in [6.45, 7) is 4.07. The van der Waals surface area contributed by atoms with E-state index < -0.39 is 23.8 Å². The molecule has 2 atom stereocenters. The van der Waals surface area contributed by atoms with Gasteiger partial charge >= 0.3 is 0 Å². The fourth-order valence-corrected chi connectivity index (χ4v) is 4.08. The molecule has 1 aromatic rings. The third kappa shape index (κ3) is 2.67. The summed E-state index contributed by atoms with van der Waals surface area (Å²) < 4.78 is 0. The van der Waals surface area contributed by atoms with Crippen LogP contribution in [0.5, 0.6) is 0 Å². The average Bonchev–Trinajstić information content (AvgIpc) is 2.86. The molecule has 1 aromatic carbocycles. The molecule has 0 bridgehead atoms. The smallest absolute Gasteiger partial charge is 0.262 e. The second kappa shape index (κ2) is 6.23. The predicted molar refractivity (Wildman–Crippen MR) is 93.7 cm³/mol. The van der Waals surface area contributed by atoms with Gasteiger partial charge in [0.15, 0.2) is 0 Å². The van der Waals surface area contributed by atoms with E-state index in [2.05, 4.69) is 17.1 Å². The van der Waals surface area contributed by atoms with E-state index in [4.69, 9.17) is 0 Å². The molecule has 3 heterocycles. The zero-order valence-corrected chi connectivity index (χ0v) is 14.7. The standard InChI is InChI=1S/C19H21N3O4/c1-11-3-2-8-21(10-11)12-4-5-13-14(9-12)19(26)22(18(13)25)15-6-7-16(23)20-17(15)24/h4-5,9,11,15H,2-3,6-8,10H2,1H3,(H,20,23,24). The number of nitrogens with zero attached hydrogens (tertiary/aromatic N) is 2. The van der Waals surface area contributed by atoms with Crippen molar-refractivity contribution in [3.63, 3.8) is 0 Å². The largest absolute Gasteiger partial charge is 0.371 e. The Bertz CT molecular complexity index is 819. The van der Waals surface area contributed by atoms with Gasteiger partial charge in [-0.25, -0.2) is 0 Å². The Kier molecular flexibility index (Phi) is 4.01. The van der Waals surface area contributed by atoms with Crippen LogP contribution >= 0.6 is 0 Å². The fourth-order valence-electron chi connectivity index (χ4n) is 4.08. The van der Waals surface area contributed by atoms with Gasteiger partial charge in [0.05, 0.1) is 11.1 Å². The van der Waals surface area contributed by atoms with Crippen molar-refractivity contribution in [2.75, 3.05) is 18.0 Å². The van der Waals surface area contributed by atoms with Crippen molar-refractivity contribution in [3.8, 4) is 0 Å². The molecule has 3 aliphatic rings. The van der Waals surface area contributed by atoms with E-state index >= 15 is 0 Å². The minimum atomic E-state index is -0.918. The highest BCUT2D eigenvalue weighted by molar-refractivity contribution is 6.23. The number of amides is 4. The molecule has 0 aromatic heterocycles. The molecule has 2 saturated heterocycles. The number of rotatable bonds is 2. The van der Waals surface area contributed by atoms with E-state index in [1.807, 2.05) is 6.07 Å². The zero-order valence-electron chi connectivity index (χ0n) is 14.7. The van der Waals surface area contributed by atoms with E-state index in [0.717, 1.165) is 30.1 Å². The molecule has 0 saturated carbocycles. The molecular formula is C19H21N3O4. The minimum Gasteiger partial charge on any atom is -0.371 e. The Morgan fingerprint density at radius 1 is 1.04 bits per heavy atom. The number of benzene rings is 1. The number of fused-ring (bicyclic) bond motifs is 1. The predicted octanol–water partition coefficient (Wildman–Crippen LogP) is 1.32. The molecule has 0 radical (unpaired) electrons. The summed E-state index contributed by atoms with van der Waals surface area (Å²) in [7, 11) is 0. The highest BCUT2D eigenvalue weighted by atomic mass is 16.2. The van der Waals surface area contributed by atoms with Gasteiger partial charge in [-0.3, -0.25) is 29.4 Å². The van der Waals surface area contributed by atoms with Gasteiger partial charge in [-0.05, 0) is 43.4 Å². The second-order valence-corrected chi connectivity index (χ2v) is 7.37. The molecule has 26 heavy (non-hydrogen) atoms. The number of piperidine rings is 2. The first-order chi connectivity index (χ1) is 12.5. The van der Waals surface area contributed by atoms with Crippen molar-refractivity contribution in [3.05, 3.63) is 29.3 Å². The molecule has 1 N–H and O–H groups in total. The molecular weight excluding hydrogens is 334 g/mol. The summed E-state index contributed by atoms with van der Waals surface area (Å²) in [5.74, 6) is -1.27. The quantitative estimate of drug-likeness (QED) is 0.809. The molecule has 3 aliphatic heterocycles. The SMILES string of the molecule is CC1CCCN(c2ccc3c(c2)C(=O)N(C2CCC(=O)NC2=O)C3=O)C1. The van der Waals surface area contributed by atoms with Gasteiger partial charge < -0.3 is 4.90 Å². The van der Waals surface area contributed by atoms with Crippen LogP contribution in [0.4, 0.5) is 5.69 Å². The lowest BCUT2D eigenvalue weighted by atomic mass is 9.99. The van der Waals surface area contributed by atoms with Crippen LogP contribution in [0.25, 0.3) is 0 Å². The van der Waals surface area contributed by atoms with Crippen molar-refractivity contribution in [1.82, 2.24) is 10.2 Å². The Labute approximate surface area is 151 Å². The Morgan fingerprint density at radius 2 is 1.81 bits per heavy atom. The third-order valence-electron chi connectivity index (χ3n) is 5.45. The molecule has 136 valence electrons. The lowest BCUT2D eigenvalue weighted by molar-refractivity contribution is -0.136. The van der Waals surface area contributed by atoms with Gasteiger partial charge in [-0.1, -0.05) is 6.92 Å².